The third-order valence-corrected chi connectivity index (χ3v) is 5.45. The first kappa shape index (κ1) is 22.8. The van der Waals surface area contributed by atoms with Gasteiger partial charge in [-0.1, -0.05) is 58.8 Å². The van der Waals surface area contributed by atoms with E-state index < -0.39 is 24.0 Å². The molecule has 3 N–H and O–H groups in total. The fourth-order valence-electron chi connectivity index (χ4n) is 3.77. The van der Waals surface area contributed by atoms with Gasteiger partial charge in [0.15, 0.2) is 0 Å². The van der Waals surface area contributed by atoms with E-state index in [1.54, 1.807) is 0 Å². The normalized spacial score (nSPS) is 28.0. The van der Waals surface area contributed by atoms with Gasteiger partial charge >= 0.3 is 0 Å². The van der Waals surface area contributed by atoms with Crippen LogP contribution in [0.4, 0.5) is 0 Å². The van der Waals surface area contributed by atoms with Crippen molar-refractivity contribution in [3.05, 3.63) is 0 Å². The molecular weight excluding hydrogens is 318 g/mol. The average molecular weight is 360 g/mol. The molecule has 150 valence electrons. The van der Waals surface area contributed by atoms with Gasteiger partial charge in [0, 0.05) is 19.4 Å². The van der Waals surface area contributed by atoms with Crippen molar-refractivity contribution < 1.29 is 20.1 Å². The zero-order valence-corrected chi connectivity index (χ0v) is 16.6. The molecule has 25 heavy (non-hydrogen) atoms. The van der Waals surface area contributed by atoms with E-state index in [2.05, 4.69) is 18.7 Å². The summed E-state index contributed by atoms with van der Waals surface area (Å²) in [4.78, 5) is 2.05. The minimum atomic E-state index is -0.865. The van der Waals surface area contributed by atoms with E-state index in [-0.39, 0.29) is 6.61 Å². The first-order valence-corrected chi connectivity index (χ1v) is 10.4. The molecule has 0 aromatic heterocycles. The Bertz CT molecular complexity index is 342. The largest absolute Gasteiger partial charge is 0.393 e. The molecule has 0 bridgehead atoms. The summed E-state index contributed by atoms with van der Waals surface area (Å²) >= 11 is 0. The van der Waals surface area contributed by atoms with Gasteiger partial charge in [-0.3, -0.25) is 4.90 Å². The average Bonchev–Trinajstić information content (AvgIpc) is 2.87. The van der Waals surface area contributed by atoms with Crippen LogP contribution in [0.5, 0.6) is 0 Å². The van der Waals surface area contributed by atoms with E-state index >= 15 is 0 Å². The van der Waals surface area contributed by atoms with Gasteiger partial charge in [-0.2, -0.15) is 0 Å². The van der Waals surface area contributed by atoms with Gasteiger partial charge in [-0.05, 0) is 19.9 Å². The topological polar surface area (TPSA) is 73.2 Å². The van der Waals surface area contributed by atoms with Crippen molar-refractivity contribution in [3.63, 3.8) is 0 Å². The first-order chi connectivity index (χ1) is 12.0. The second-order valence-corrected chi connectivity index (χ2v) is 7.75. The second kappa shape index (κ2) is 12.2. The highest BCUT2D eigenvalue weighted by molar-refractivity contribution is 4.97. The molecule has 0 heterocycles. The summed E-state index contributed by atoms with van der Waals surface area (Å²) in [5.74, 6) is 0. The van der Waals surface area contributed by atoms with Gasteiger partial charge in [0.25, 0.3) is 0 Å². The van der Waals surface area contributed by atoms with E-state index in [1.165, 1.54) is 25.7 Å². The summed E-state index contributed by atoms with van der Waals surface area (Å²) in [6.45, 7) is 5.40. The lowest BCUT2D eigenvalue weighted by Crippen LogP contribution is -2.55. The van der Waals surface area contributed by atoms with Gasteiger partial charge in [0.1, 0.15) is 5.72 Å². The van der Waals surface area contributed by atoms with Crippen molar-refractivity contribution in [3.8, 4) is 0 Å². The Hall–Kier alpha value is -0.200. The number of unbranched alkanes of at least 4 members (excludes halogenated alkanes) is 6. The van der Waals surface area contributed by atoms with Crippen molar-refractivity contribution in [2.75, 3.05) is 20.2 Å². The molecule has 0 aliphatic heterocycles. The van der Waals surface area contributed by atoms with Gasteiger partial charge in [-0.15, -0.1) is 0 Å². The van der Waals surface area contributed by atoms with Crippen molar-refractivity contribution in [1.29, 1.82) is 0 Å². The standard InChI is InChI=1S/C20H41NO4/c1-4-6-8-9-11-13-21(3)20(15-18(23)14-19(20)24)25-16-17(22)12-10-7-5-2/h17-19,22-24H,4-16H2,1-3H3/t17?,18-,19+,20-/m1/s1. The molecule has 0 aromatic carbocycles. The number of ether oxygens (including phenoxy) is 1. The van der Waals surface area contributed by atoms with Crippen LogP contribution in [0.1, 0.15) is 84.5 Å². The molecule has 0 radical (unpaired) electrons. The number of nitrogens with zero attached hydrogens (tertiary/aromatic N) is 1. The number of hydrogen-bond acceptors (Lipinski definition) is 5. The summed E-state index contributed by atoms with van der Waals surface area (Å²) < 4.78 is 6.07. The molecule has 0 aromatic rings. The van der Waals surface area contributed by atoms with Crippen LogP contribution >= 0.6 is 0 Å². The van der Waals surface area contributed by atoms with Crippen molar-refractivity contribution >= 4 is 0 Å². The van der Waals surface area contributed by atoms with Crippen molar-refractivity contribution in [1.82, 2.24) is 4.90 Å². The quantitative estimate of drug-likeness (QED) is 0.328. The minimum absolute atomic E-state index is 0.216. The Balaban J connectivity index is 2.53. The number of aliphatic hydroxyl groups excluding tert-OH is 3. The molecular formula is C20H41NO4. The Labute approximate surface area is 154 Å². The van der Waals surface area contributed by atoms with E-state index in [9.17, 15) is 15.3 Å². The summed E-state index contributed by atoms with van der Waals surface area (Å²) in [6, 6.07) is 0. The smallest absolute Gasteiger partial charge is 0.150 e. The molecule has 4 atom stereocenters. The Morgan fingerprint density at radius 3 is 2.28 bits per heavy atom. The van der Waals surface area contributed by atoms with E-state index in [0.717, 1.165) is 38.6 Å². The van der Waals surface area contributed by atoms with Crippen LogP contribution in [0.15, 0.2) is 0 Å². The molecule has 1 rings (SSSR count). The maximum absolute atomic E-state index is 10.5. The van der Waals surface area contributed by atoms with Gasteiger partial charge in [-0.25, -0.2) is 0 Å². The SMILES string of the molecule is CCCCCCCN(C)[C@@]1(OCC(O)CCCCC)C[C@H](O)C[C@@H]1O. The van der Waals surface area contributed by atoms with Crippen molar-refractivity contribution in [2.45, 2.75) is 109 Å². The molecule has 0 saturated heterocycles. The molecule has 0 amide bonds. The fourth-order valence-corrected chi connectivity index (χ4v) is 3.77. The van der Waals surface area contributed by atoms with Crippen LogP contribution in [0.2, 0.25) is 0 Å². The predicted molar refractivity (Wildman–Crippen MR) is 101 cm³/mol. The number of rotatable bonds is 14. The van der Waals surface area contributed by atoms with Crippen LogP contribution in [-0.4, -0.2) is 64.5 Å². The van der Waals surface area contributed by atoms with Gasteiger partial charge in [0.05, 0.1) is 24.9 Å². The lowest BCUT2D eigenvalue weighted by molar-refractivity contribution is -0.206. The monoisotopic (exact) mass is 359 g/mol. The van der Waals surface area contributed by atoms with E-state index in [0.29, 0.717) is 12.8 Å². The maximum Gasteiger partial charge on any atom is 0.150 e. The summed E-state index contributed by atoms with van der Waals surface area (Å²) in [6.07, 6.45) is 8.89. The van der Waals surface area contributed by atoms with Crippen LogP contribution in [0.25, 0.3) is 0 Å². The first-order valence-electron chi connectivity index (χ1n) is 10.4. The van der Waals surface area contributed by atoms with Crippen LogP contribution < -0.4 is 0 Å². The summed E-state index contributed by atoms with van der Waals surface area (Å²) in [5.41, 5.74) is -0.865. The lowest BCUT2D eigenvalue weighted by atomic mass is 10.1. The van der Waals surface area contributed by atoms with Crippen LogP contribution in [0, 0.1) is 0 Å². The zero-order valence-electron chi connectivity index (χ0n) is 16.6. The molecule has 5 nitrogen and oxygen atoms in total. The molecule has 1 fully saturated rings. The van der Waals surface area contributed by atoms with E-state index in [1.807, 2.05) is 7.05 Å². The minimum Gasteiger partial charge on any atom is -0.393 e. The zero-order chi connectivity index (χ0) is 18.7. The molecule has 5 heteroatoms. The number of likely N-dealkylation sites (N-methyl/N-ethyl adjacent to an activating group) is 1. The van der Waals surface area contributed by atoms with Crippen LogP contribution in [0.3, 0.4) is 0 Å². The Morgan fingerprint density at radius 2 is 1.68 bits per heavy atom. The summed E-state index contributed by atoms with van der Waals surface area (Å²) in [5, 5.41) is 30.7. The van der Waals surface area contributed by atoms with Gasteiger partial charge in [0.2, 0.25) is 0 Å². The van der Waals surface area contributed by atoms with Crippen LogP contribution in [-0.2, 0) is 4.74 Å². The Kier molecular flexibility index (Phi) is 11.2. The maximum atomic E-state index is 10.5. The molecule has 0 spiro atoms. The highest BCUT2D eigenvalue weighted by Crippen LogP contribution is 2.37. The fraction of sp³-hybridized carbons (Fsp3) is 1.00. The molecule has 1 unspecified atom stereocenters. The Morgan fingerprint density at radius 1 is 1.04 bits per heavy atom. The molecule has 1 aliphatic rings. The molecule has 1 aliphatic carbocycles. The lowest BCUT2D eigenvalue weighted by Gasteiger charge is -2.41. The highest BCUT2D eigenvalue weighted by Gasteiger charge is 2.50. The van der Waals surface area contributed by atoms with E-state index in [4.69, 9.17) is 4.74 Å². The number of hydrogen-bond donors (Lipinski definition) is 3. The van der Waals surface area contributed by atoms with Crippen molar-refractivity contribution in [2.24, 2.45) is 0 Å². The summed E-state index contributed by atoms with van der Waals surface area (Å²) in [7, 11) is 1.96. The highest BCUT2D eigenvalue weighted by atomic mass is 16.5. The molecule has 1 saturated carbocycles. The van der Waals surface area contributed by atoms with Gasteiger partial charge < -0.3 is 20.1 Å². The second-order valence-electron chi connectivity index (χ2n) is 7.75. The third kappa shape index (κ3) is 7.51. The number of aliphatic hydroxyl groups is 3. The predicted octanol–water partition coefficient (Wildman–Crippen LogP) is 3.06. The third-order valence-electron chi connectivity index (χ3n) is 5.45.